The van der Waals surface area contributed by atoms with E-state index in [4.69, 9.17) is 9.47 Å². The molecule has 0 bridgehead atoms. The number of benzene rings is 2. The van der Waals surface area contributed by atoms with E-state index in [9.17, 15) is 9.90 Å². The number of nitrogens with zero attached hydrogens (tertiary/aromatic N) is 1. The highest BCUT2D eigenvalue weighted by Gasteiger charge is 2.55. The fourth-order valence-electron chi connectivity index (χ4n) is 6.72. The van der Waals surface area contributed by atoms with Crippen LogP contribution in [0.15, 0.2) is 48.5 Å². The van der Waals surface area contributed by atoms with Gasteiger partial charge in [0.25, 0.3) is 5.91 Å². The summed E-state index contributed by atoms with van der Waals surface area (Å²) in [5.74, 6) is 3.32. The maximum absolute atomic E-state index is 13.4. The standard InChI is InChI=1S/C29H36N2O4/c32-28(29(33,21-7-3-1-4-8-21)22-9-5-2-6-10-22)30-16-23-24-17-31(18-25(23)24)14-13-20-11-12-26-27(15-20)35-19-34-26/h1,3-4,7-8,11-12,15,22-25,33H,2,5-6,9-10,13-14,16-19H2,(H,30,32). The highest BCUT2D eigenvalue weighted by atomic mass is 16.7. The van der Waals surface area contributed by atoms with E-state index in [1.54, 1.807) is 0 Å². The van der Waals surface area contributed by atoms with E-state index in [1.807, 2.05) is 36.4 Å². The molecule has 2 aromatic rings. The van der Waals surface area contributed by atoms with Gasteiger partial charge >= 0.3 is 0 Å². The van der Waals surface area contributed by atoms with E-state index in [2.05, 4.69) is 22.3 Å². The highest BCUT2D eigenvalue weighted by molar-refractivity contribution is 5.86. The number of likely N-dealkylation sites (tertiary alicyclic amines) is 1. The van der Waals surface area contributed by atoms with Crippen molar-refractivity contribution in [1.82, 2.24) is 10.2 Å². The Labute approximate surface area is 207 Å². The summed E-state index contributed by atoms with van der Waals surface area (Å²) in [5, 5.41) is 14.9. The van der Waals surface area contributed by atoms with Crippen molar-refractivity contribution < 1.29 is 19.4 Å². The SMILES string of the molecule is O=C(NCC1C2CN(CCc3ccc4c(c3)OCO4)CC12)C(O)(c1ccccc1)C1CCCCC1. The first-order chi connectivity index (χ1) is 17.1. The molecule has 2 aliphatic heterocycles. The lowest BCUT2D eigenvalue weighted by Crippen LogP contribution is -2.50. The highest BCUT2D eigenvalue weighted by Crippen LogP contribution is 2.51. The molecule has 35 heavy (non-hydrogen) atoms. The van der Waals surface area contributed by atoms with Gasteiger partial charge in [0, 0.05) is 32.1 Å². The number of amides is 1. The summed E-state index contributed by atoms with van der Waals surface area (Å²) in [6, 6.07) is 15.8. The predicted molar refractivity (Wildman–Crippen MR) is 133 cm³/mol. The molecule has 6 nitrogen and oxygen atoms in total. The Balaban J connectivity index is 1.01. The molecule has 4 aliphatic rings. The van der Waals surface area contributed by atoms with Crippen molar-refractivity contribution in [3.05, 3.63) is 59.7 Å². The van der Waals surface area contributed by atoms with Crippen LogP contribution in [0.1, 0.15) is 43.2 Å². The number of rotatable bonds is 8. The maximum atomic E-state index is 13.4. The molecule has 3 atom stereocenters. The van der Waals surface area contributed by atoms with E-state index < -0.39 is 5.60 Å². The minimum Gasteiger partial charge on any atom is -0.454 e. The molecule has 6 rings (SSSR count). The number of fused-ring (bicyclic) bond motifs is 2. The molecule has 3 fully saturated rings. The van der Waals surface area contributed by atoms with Crippen LogP contribution in [0.4, 0.5) is 0 Å². The number of carbonyl (C=O) groups is 1. The van der Waals surface area contributed by atoms with Gasteiger partial charge in [-0.2, -0.15) is 0 Å². The minimum absolute atomic E-state index is 0.0102. The second kappa shape index (κ2) is 9.47. The van der Waals surface area contributed by atoms with E-state index >= 15 is 0 Å². The van der Waals surface area contributed by atoms with Crippen molar-refractivity contribution in [1.29, 1.82) is 0 Å². The molecule has 186 valence electrons. The van der Waals surface area contributed by atoms with Gasteiger partial charge in [-0.3, -0.25) is 4.79 Å². The molecule has 0 aromatic heterocycles. The van der Waals surface area contributed by atoms with E-state index in [0.29, 0.717) is 31.1 Å². The van der Waals surface area contributed by atoms with Gasteiger partial charge in [-0.05, 0) is 60.3 Å². The quantitative estimate of drug-likeness (QED) is 0.608. The largest absolute Gasteiger partial charge is 0.454 e. The minimum atomic E-state index is -1.43. The first-order valence-electron chi connectivity index (χ1n) is 13.3. The molecule has 2 heterocycles. The van der Waals surface area contributed by atoms with Crippen molar-refractivity contribution in [3.8, 4) is 11.5 Å². The Bertz CT molecular complexity index is 1040. The van der Waals surface area contributed by atoms with Gasteiger partial charge < -0.3 is 24.8 Å². The molecule has 1 amide bonds. The Morgan fingerprint density at radius 1 is 1.00 bits per heavy atom. The summed E-state index contributed by atoms with van der Waals surface area (Å²) < 4.78 is 10.9. The molecule has 2 aliphatic carbocycles. The average molecular weight is 477 g/mol. The molecular formula is C29H36N2O4. The number of ether oxygens (including phenoxy) is 2. The van der Waals surface area contributed by atoms with Gasteiger partial charge in [0.15, 0.2) is 17.1 Å². The zero-order valence-corrected chi connectivity index (χ0v) is 20.3. The number of hydrogen-bond acceptors (Lipinski definition) is 5. The van der Waals surface area contributed by atoms with Crippen molar-refractivity contribution in [2.75, 3.05) is 33.0 Å². The molecule has 2 saturated carbocycles. The second-order valence-electron chi connectivity index (χ2n) is 10.9. The Kier molecular flexibility index (Phi) is 6.19. The topological polar surface area (TPSA) is 71.0 Å². The normalized spacial score (nSPS) is 27.3. The average Bonchev–Trinajstić information content (AvgIpc) is 3.22. The summed E-state index contributed by atoms with van der Waals surface area (Å²) in [4.78, 5) is 16.0. The summed E-state index contributed by atoms with van der Waals surface area (Å²) in [6.45, 7) is 4.23. The van der Waals surface area contributed by atoms with Gasteiger partial charge in [0.1, 0.15) is 0 Å². The number of piperidine rings is 1. The van der Waals surface area contributed by atoms with Crippen LogP contribution in [0.3, 0.4) is 0 Å². The first-order valence-corrected chi connectivity index (χ1v) is 13.3. The summed E-state index contributed by atoms with van der Waals surface area (Å²) in [5.41, 5.74) is 0.583. The van der Waals surface area contributed by atoms with E-state index in [0.717, 1.165) is 68.8 Å². The summed E-state index contributed by atoms with van der Waals surface area (Å²) in [7, 11) is 0. The van der Waals surface area contributed by atoms with Crippen LogP contribution in [0.5, 0.6) is 11.5 Å². The Morgan fingerprint density at radius 3 is 2.51 bits per heavy atom. The molecular weight excluding hydrogens is 440 g/mol. The van der Waals surface area contributed by atoms with E-state index in [-0.39, 0.29) is 11.8 Å². The van der Waals surface area contributed by atoms with Crippen molar-refractivity contribution >= 4 is 5.91 Å². The van der Waals surface area contributed by atoms with Gasteiger partial charge in [-0.25, -0.2) is 0 Å². The zero-order chi connectivity index (χ0) is 23.8. The molecule has 6 heteroatoms. The molecule has 1 saturated heterocycles. The van der Waals surface area contributed by atoms with Gasteiger partial charge in [0.2, 0.25) is 6.79 Å². The molecule has 2 N–H and O–H groups in total. The summed E-state index contributed by atoms with van der Waals surface area (Å²) in [6.07, 6.45) is 6.18. The van der Waals surface area contributed by atoms with Crippen LogP contribution in [-0.2, 0) is 16.8 Å². The lowest BCUT2D eigenvalue weighted by molar-refractivity contribution is -0.149. The van der Waals surface area contributed by atoms with Gasteiger partial charge in [0.05, 0.1) is 0 Å². The third-order valence-electron chi connectivity index (χ3n) is 8.86. The number of carbonyl (C=O) groups excluding carboxylic acids is 1. The van der Waals surface area contributed by atoms with Crippen LogP contribution >= 0.6 is 0 Å². The third-order valence-corrected chi connectivity index (χ3v) is 8.86. The predicted octanol–water partition coefficient (Wildman–Crippen LogP) is 3.72. The molecule has 0 spiro atoms. The fourth-order valence-corrected chi connectivity index (χ4v) is 6.72. The van der Waals surface area contributed by atoms with Crippen LogP contribution in [0.25, 0.3) is 0 Å². The fraction of sp³-hybridized carbons (Fsp3) is 0.552. The molecule has 2 aromatic carbocycles. The smallest absolute Gasteiger partial charge is 0.256 e. The maximum Gasteiger partial charge on any atom is 0.256 e. The zero-order valence-electron chi connectivity index (χ0n) is 20.3. The Hall–Kier alpha value is -2.57. The van der Waals surface area contributed by atoms with E-state index in [1.165, 1.54) is 12.0 Å². The number of nitrogens with one attached hydrogen (secondary N) is 1. The lowest BCUT2D eigenvalue weighted by Gasteiger charge is -2.37. The molecule has 0 radical (unpaired) electrons. The Morgan fingerprint density at radius 2 is 1.74 bits per heavy atom. The third kappa shape index (κ3) is 4.43. The van der Waals surface area contributed by atoms with Crippen molar-refractivity contribution in [3.63, 3.8) is 0 Å². The van der Waals surface area contributed by atoms with Crippen LogP contribution in [-0.4, -0.2) is 48.9 Å². The monoisotopic (exact) mass is 476 g/mol. The van der Waals surface area contributed by atoms with Crippen LogP contribution < -0.4 is 14.8 Å². The lowest BCUT2D eigenvalue weighted by atomic mass is 9.73. The number of aliphatic hydroxyl groups is 1. The van der Waals surface area contributed by atoms with Gasteiger partial charge in [-0.15, -0.1) is 0 Å². The molecule has 3 unspecified atom stereocenters. The summed E-state index contributed by atoms with van der Waals surface area (Å²) >= 11 is 0. The van der Waals surface area contributed by atoms with Crippen molar-refractivity contribution in [2.24, 2.45) is 23.7 Å². The van der Waals surface area contributed by atoms with Crippen molar-refractivity contribution in [2.45, 2.75) is 44.1 Å². The number of hydrogen-bond donors (Lipinski definition) is 2. The van der Waals surface area contributed by atoms with Crippen LogP contribution in [0, 0.1) is 23.7 Å². The first kappa shape index (κ1) is 22.9. The van der Waals surface area contributed by atoms with Crippen LogP contribution in [0.2, 0.25) is 0 Å². The second-order valence-corrected chi connectivity index (χ2v) is 10.9. The van der Waals surface area contributed by atoms with Gasteiger partial charge in [-0.1, -0.05) is 55.7 Å².